The van der Waals surface area contributed by atoms with Gasteiger partial charge in [0.2, 0.25) is 0 Å². The number of anilines is 1. The van der Waals surface area contributed by atoms with Gasteiger partial charge in [-0.1, -0.05) is 0 Å². The highest BCUT2D eigenvalue weighted by molar-refractivity contribution is 5.89. The highest BCUT2D eigenvalue weighted by atomic mass is 16.5. The van der Waals surface area contributed by atoms with Gasteiger partial charge in [0.05, 0.1) is 18.9 Å². The van der Waals surface area contributed by atoms with Gasteiger partial charge in [0.25, 0.3) is 0 Å². The van der Waals surface area contributed by atoms with Crippen molar-refractivity contribution < 1.29 is 14.3 Å². The molecule has 5 heteroatoms. The third-order valence-corrected chi connectivity index (χ3v) is 3.11. The molecule has 100 valence electrons. The van der Waals surface area contributed by atoms with Crippen molar-refractivity contribution in [2.45, 2.75) is 26.3 Å². The number of nitrogen functional groups attached to an aromatic ring is 1. The molecular formula is C13H20N2O3. The van der Waals surface area contributed by atoms with E-state index in [1.165, 1.54) is 0 Å². The number of hydrogen-bond acceptors (Lipinski definition) is 4. The van der Waals surface area contributed by atoms with Gasteiger partial charge in [-0.2, -0.15) is 0 Å². The summed E-state index contributed by atoms with van der Waals surface area (Å²) < 4.78 is 12.4. The van der Waals surface area contributed by atoms with Gasteiger partial charge in [-0.25, -0.2) is 4.79 Å². The summed E-state index contributed by atoms with van der Waals surface area (Å²) in [6, 6.07) is 1.84. The van der Waals surface area contributed by atoms with Gasteiger partial charge in [0, 0.05) is 24.8 Å². The quantitative estimate of drug-likeness (QED) is 0.830. The van der Waals surface area contributed by atoms with Gasteiger partial charge in [0.1, 0.15) is 5.69 Å². The molecule has 2 rings (SSSR count). The number of hydrogen-bond donors (Lipinski definition) is 1. The molecule has 2 heterocycles. The van der Waals surface area contributed by atoms with Gasteiger partial charge >= 0.3 is 5.97 Å². The lowest BCUT2D eigenvalue weighted by molar-refractivity contribution is 0.0414. The van der Waals surface area contributed by atoms with E-state index in [1.54, 1.807) is 12.3 Å². The minimum atomic E-state index is -0.313. The van der Waals surface area contributed by atoms with E-state index in [0.29, 0.717) is 30.5 Å². The van der Waals surface area contributed by atoms with Crippen LogP contribution < -0.4 is 5.73 Å². The van der Waals surface area contributed by atoms with Crippen molar-refractivity contribution >= 4 is 11.7 Å². The molecule has 1 saturated heterocycles. The second-order valence-corrected chi connectivity index (χ2v) is 4.99. The molecule has 1 aliphatic rings. The van der Waals surface area contributed by atoms with E-state index < -0.39 is 0 Å². The molecule has 5 nitrogen and oxygen atoms in total. The molecule has 0 bridgehead atoms. The molecule has 1 aromatic heterocycles. The van der Waals surface area contributed by atoms with Crippen LogP contribution in [0.5, 0.6) is 0 Å². The number of rotatable bonds is 4. The normalized spacial score (nSPS) is 19.4. The Morgan fingerprint density at radius 2 is 2.44 bits per heavy atom. The van der Waals surface area contributed by atoms with E-state index in [2.05, 4.69) is 0 Å². The van der Waals surface area contributed by atoms with Crippen molar-refractivity contribution in [3.8, 4) is 0 Å². The van der Waals surface area contributed by atoms with Crippen LogP contribution in [-0.2, 0) is 9.47 Å². The van der Waals surface area contributed by atoms with Crippen LogP contribution in [0.3, 0.4) is 0 Å². The zero-order chi connectivity index (χ0) is 13.1. The van der Waals surface area contributed by atoms with Crippen LogP contribution in [-0.4, -0.2) is 30.4 Å². The first-order valence-electron chi connectivity index (χ1n) is 6.30. The Morgan fingerprint density at radius 1 is 1.67 bits per heavy atom. The smallest absolute Gasteiger partial charge is 0.355 e. The van der Waals surface area contributed by atoms with Gasteiger partial charge in [-0.15, -0.1) is 0 Å². The molecule has 0 aliphatic carbocycles. The first kappa shape index (κ1) is 13.0. The lowest BCUT2D eigenvalue weighted by Gasteiger charge is -2.13. The first-order chi connectivity index (χ1) is 8.58. The largest absolute Gasteiger partial charge is 0.461 e. The molecule has 1 unspecified atom stereocenters. The van der Waals surface area contributed by atoms with Crippen LogP contribution in [0.4, 0.5) is 5.69 Å². The summed E-state index contributed by atoms with van der Waals surface area (Å²) in [5.74, 6) is 0.0149. The maximum atomic E-state index is 12.0. The number of nitrogens with two attached hydrogens (primary N) is 1. The molecule has 0 spiro atoms. The third-order valence-electron chi connectivity index (χ3n) is 3.11. The van der Waals surface area contributed by atoms with Crippen molar-refractivity contribution in [3.05, 3.63) is 18.0 Å². The SMILES string of the molecule is CC(C)n1cc(N)cc1C(=O)OCC1CCOC1. The first-order valence-corrected chi connectivity index (χ1v) is 6.30. The summed E-state index contributed by atoms with van der Waals surface area (Å²) in [5.41, 5.74) is 6.82. The number of carbonyl (C=O) groups excluding carboxylic acids is 1. The molecule has 2 N–H and O–H groups in total. The number of carbonyl (C=O) groups is 1. The fraction of sp³-hybridized carbons (Fsp3) is 0.615. The highest BCUT2D eigenvalue weighted by Crippen LogP contribution is 2.18. The van der Waals surface area contributed by atoms with E-state index in [9.17, 15) is 4.79 Å². The van der Waals surface area contributed by atoms with Crippen molar-refractivity contribution in [1.82, 2.24) is 4.57 Å². The Bertz CT molecular complexity index is 420. The molecule has 18 heavy (non-hydrogen) atoms. The van der Waals surface area contributed by atoms with Crippen LogP contribution in [0.2, 0.25) is 0 Å². The number of ether oxygens (including phenoxy) is 2. The van der Waals surface area contributed by atoms with E-state index in [0.717, 1.165) is 13.0 Å². The van der Waals surface area contributed by atoms with Crippen molar-refractivity contribution in [3.63, 3.8) is 0 Å². The van der Waals surface area contributed by atoms with Gasteiger partial charge in [-0.05, 0) is 26.3 Å². The third kappa shape index (κ3) is 2.85. The molecule has 0 radical (unpaired) electrons. The summed E-state index contributed by atoms with van der Waals surface area (Å²) >= 11 is 0. The molecule has 0 saturated carbocycles. The van der Waals surface area contributed by atoms with Gasteiger partial charge in [0.15, 0.2) is 0 Å². The maximum absolute atomic E-state index is 12.0. The number of nitrogens with zero attached hydrogens (tertiary/aromatic N) is 1. The van der Waals surface area contributed by atoms with Gasteiger partial charge in [-0.3, -0.25) is 0 Å². The van der Waals surface area contributed by atoms with Crippen molar-refractivity contribution in [2.24, 2.45) is 5.92 Å². The van der Waals surface area contributed by atoms with Crippen LogP contribution >= 0.6 is 0 Å². The van der Waals surface area contributed by atoms with E-state index in [-0.39, 0.29) is 12.0 Å². The standard InChI is InChI=1S/C13H20N2O3/c1-9(2)15-6-11(14)5-12(15)13(16)18-8-10-3-4-17-7-10/h5-6,9-10H,3-4,7-8,14H2,1-2H3. The molecule has 1 atom stereocenters. The zero-order valence-corrected chi connectivity index (χ0v) is 10.9. The molecule has 0 amide bonds. The Labute approximate surface area is 107 Å². The lowest BCUT2D eigenvalue weighted by Crippen LogP contribution is -2.17. The van der Waals surface area contributed by atoms with Gasteiger partial charge < -0.3 is 19.8 Å². The van der Waals surface area contributed by atoms with Crippen LogP contribution in [0.25, 0.3) is 0 Å². The minimum Gasteiger partial charge on any atom is -0.461 e. The monoisotopic (exact) mass is 252 g/mol. The molecular weight excluding hydrogens is 232 g/mol. The second-order valence-electron chi connectivity index (χ2n) is 4.99. The minimum absolute atomic E-state index is 0.180. The predicted octanol–water partition coefficient (Wildman–Crippen LogP) is 1.84. The fourth-order valence-corrected chi connectivity index (χ4v) is 2.07. The van der Waals surface area contributed by atoms with E-state index in [4.69, 9.17) is 15.2 Å². The Hall–Kier alpha value is -1.49. The van der Waals surface area contributed by atoms with Crippen LogP contribution in [0.1, 0.15) is 36.8 Å². The molecule has 1 fully saturated rings. The molecule has 1 aromatic rings. The van der Waals surface area contributed by atoms with E-state index in [1.807, 2.05) is 18.4 Å². The second kappa shape index (κ2) is 5.44. The Kier molecular flexibility index (Phi) is 3.91. The Morgan fingerprint density at radius 3 is 3.06 bits per heavy atom. The lowest BCUT2D eigenvalue weighted by atomic mass is 10.1. The fourth-order valence-electron chi connectivity index (χ4n) is 2.07. The zero-order valence-electron chi connectivity index (χ0n) is 10.9. The Balaban J connectivity index is 1.99. The number of esters is 1. The van der Waals surface area contributed by atoms with Crippen molar-refractivity contribution in [1.29, 1.82) is 0 Å². The maximum Gasteiger partial charge on any atom is 0.355 e. The average Bonchev–Trinajstić information content (AvgIpc) is 2.94. The number of aromatic nitrogens is 1. The van der Waals surface area contributed by atoms with Crippen LogP contribution in [0, 0.1) is 5.92 Å². The van der Waals surface area contributed by atoms with Crippen LogP contribution in [0.15, 0.2) is 12.3 Å². The van der Waals surface area contributed by atoms with E-state index >= 15 is 0 Å². The summed E-state index contributed by atoms with van der Waals surface area (Å²) in [6.07, 6.45) is 2.72. The topological polar surface area (TPSA) is 66.5 Å². The molecule has 1 aliphatic heterocycles. The average molecular weight is 252 g/mol. The summed E-state index contributed by atoms with van der Waals surface area (Å²) in [7, 11) is 0. The molecule has 0 aromatic carbocycles. The summed E-state index contributed by atoms with van der Waals surface area (Å²) in [5, 5.41) is 0. The highest BCUT2D eigenvalue weighted by Gasteiger charge is 2.20. The summed E-state index contributed by atoms with van der Waals surface area (Å²) in [4.78, 5) is 12.0. The van der Waals surface area contributed by atoms with Crippen molar-refractivity contribution in [2.75, 3.05) is 25.6 Å². The predicted molar refractivity (Wildman–Crippen MR) is 68.4 cm³/mol. The summed E-state index contributed by atoms with van der Waals surface area (Å²) in [6.45, 7) is 5.86.